The molecule has 2 saturated carbocycles. The molecule has 0 aromatic carbocycles. The summed E-state index contributed by atoms with van der Waals surface area (Å²) in [6.07, 6.45) is 2.30. The van der Waals surface area contributed by atoms with Crippen molar-refractivity contribution < 1.29 is 15.0 Å². The summed E-state index contributed by atoms with van der Waals surface area (Å²) in [5.74, 6) is 0.0577. The molecule has 2 N–H and O–H groups in total. The van der Waals surface area contributed by atoms with Crippen LogP contribution in [0.25, 0.3) is 0 Å². The molecule has 2 aliphatic carbocycles. The van der Waals surface area contributed by atoms with Gasteiger partial charge in [0, 0.05) is 6.42 Å². The van der Waals surface area contributed by atoms with Crippen LogP contribution in [0.4, 0.5) is 0 Å². The zero-order valence-electron chi connectivity index (χ0n) is 11.8. The Labute approximate surface area is 109 Å². The number of ketones is 1. The van der Waals surface area contributed by atoms with Crippen LogP contribution in [0.5, 0.6) is 0 Å². The Hall–Kier alpha value is -0.670. The van der Waals surface area contributed by atoms with E-state index in [1.54, 1.807) is 6.92 Å². The Kier molecular flexibility index (Phi) is 3.19. The molecule has 2 rings (SSSR count). The maximum Gasteiger partial charge on any atom is 0.161 e. The van der Waals surface area contributed by atoms with Gasteiger partial charge in [-0.15, -0.1) is 0 Å². The molecule has 102 valence electrons. The maximum absolute atomic E-state index is 12.2. The Morgan fingerprint density at radius 3 is 2.33 bits per heavy atom. The van der Waals surface area contributed by atoms with Gasteiger partial charge in [-0.25, -0.2) is 0 Å². The molecule has 0 saturated heterocycles. The average molecular weight is 252 g/mol. The van der Waals surface area contributed by atoms with Crippen LogP contribution in [0.3, 0.4) is 0 Å². The lowest BCUT2D eigenvalue weighted by molar-refractivity contribution is -0.121. The second-order valence-corrected chi connectivity index (χ2v) is 6.75. The average Bonchev–Trinajstić information content (AvgIpc) is 2.43. The number of carbonyl (C=O) groups is 1. The SMILES string of the molecule is CC(C)=C1C[C@@H]2[C@H](CC[C@@]2(C)O)[C@@](C)(O)CC1=O. The maximum atomic E-state index is 12.2. The third kappa shape index (κ3) is 2.14. The summed E-state index contributed by atoms with van der Waals surface area (Å²) >= 11 is 0. The van der Waals surface area contributed by atoms with Crippen molar-refractivity contribution in [3.8, 4) is 0 Å². The van der Waals surface area contributed by atoms with Gasteiger partial charge in [-0.1, -0.05) is 5.57 Å². The van der Waals surface area contributed by atoms with Gasteiger partial charge in [0.15, 0.2) is 5.78 Å². The van der Waals surface area contributed by atoms with Crippen LogP contribution >= 0.6 is 0 Å². The van der Waals surface area contributed by atoms with Crippen LogP contribution in [0.15, 0.2) is 11.1 Å². The molecule has 0 unspecified atom stereocenters. The normalized spacial score (nSPS) is 44.8. The van der Waals surface area contributed by atoms with E-state index in [-0.39, 0.29) is 24.0 Å². The molecule has 0 amide bonds. The Morgan fingerprint density at radius 1 is 1.17 bits per heavy atom. The van der Waals surface area contributed by atoms with Crippen molar-refractivity contribution in [1.82, 2.24) is 0 Å². The molecule has 3 nitrogen and oxygen atoms in total. The number of fused-ring (bicyclic) bond motifs is 1. The van der Waals surface area contributed by atoms with Crippen molar-refractivity contribution in [2.75, 3.05) is 0 Å². The smallest absolute Gasteiger partial charge is 0.161 e. The lowest BCUT2D eigenvalue weighted by Gasteiger charge is -2.34. The van der Waals surface area contributed by atoms with Gasteiger partial charge >= 0.3 is 0 Å². The largest absolute Gasteiger partial charge is 0.390 e. The van der Waals surface area contributed by atoms with Crippen LogP contribution in [0, 0.1) is 11.8 Å². The van der Waals surface area contributed by atoms with E-state index in [4.69, 9.17) is 0 Å². The van der Waals surface area contributed by atoms with Crippen LogP contribution in [-0.2, 0) is 4.79 Å². The quantitative estimate of drug-likeness (QED) is 0.650. The second-order valence-electron chi connectivity index (χ2n) is 6.75. The number of hydrogen-bond acceptors (Lipinski definition) is 3. The van der Waals surface area contributed by atoms with Crippen molar-refractivity contribution in [3.05, 3.63) is 11.1 Å². The van der Waals surface area contributed by atoms with E-state index in [1.165, 1.54) is 0 Å². The first kappa shape index (κ1) is 13.8. The molecule has 2 fully saturated rings. The number of carbonyl (C=O) groups excluding carboxylic acids is 1. The van der Waals surface area contributed by atoms with Crippen LogP contribution < -0.4 is 0 Å². The number of allylic oxidation sites excluding steroid dienone is 2. The highest BCUT2D eigenvalue weighted by atomic mass is 16.3. The lowest BCUT2D eigenvalue weighted by Crippen LogP contribution is -2.41. The van der Waals surface area contributed by atoms with Gasteiger partial charge in [0.1, 0.15) is 0 Å². The lowest BCUT2D eigenvalue weighted by atomic mass is 9.76. The predicted molar refractivity (Wildman–Crippen MR) is 70.1 cm³/mol. The minimum Gasteiger partial charge on any atom is -0.390 e. The molecule has 0 radical (unpaired) electrons. The summed E-state index contributed by atoms with van der Waals surface area (Å²) in [4.78, 5) is 12.2. The van der Waals surface area contributed by atoms with E-state index >= 15 is 0 Å². The van der Waals surface area contributed by atoms with Crippen molar-refractivity contribution >= 4 is 5.78 Å². The Morgan fingerprint density at radius 2 is 1.78 bits per heavy atom. The highest BCUT2D eigenvalue weighted by Gasteiger charge is 2.53. The summed E-state index contributed by atoms with van der Waals surface area (Å²) in [5.41, 5.74) is 0.0727. The van der Waals surface area contributed by atoms with Crippen LogP contribution in [0.1, 0.15) is 53.4 Å². The third-order valence-corrected chi connectivity index (χ3v) is 4.93. The van der Waals surface area contributed by atoms with Crippen molar-refractivity contribution in [2.45, 2.75) is 64.6 Å². The van der Waals surface area contributed by atoms with E-state index in [9.17, 15) is 15.0 Å². The second kappa shape index (κ2) is 4.17. The molecular formula is C15H24O3. The Balaban J connectivity index is 2.45. The first-order valence-corrected chi connectivity index (χ1v) is 6.79. The Bertz CT molecular complexity index is 400. The fourth-order valence-electron chi connectivity index (χ4n) is 3.75. The monoisotopic (exact) mass is 252 g/mol. The van der Waals surface area contributed by atoms with Crippen LogP contribution in [0.2, 0.25) is 0 Å². The highest BCUT2D eigenvalue weighted by molar-refractivity contribution is 5.97. The highest BCUT2D eigenvalue weighted by Crippen LogP contribution is 2.51. The standard InChI is InChI=1S/C15H24O3/c1-9(2)10-7-12-11(5-6-14(12,3)17)15(4,18)8-13(10)16/h11-12,17-18H,5-8H2,1-4H3/t11-,12+,14+,15-/m0/s1. The zero-order valence-corrected chi connectivity index (χ0v) is 11.8. The summed E-state index contributed by atoms with van der Waals surface area (Å²) in [6.45, 7) is 7.46. The molecule has 0 aromatic heterocycles. The van der Waals surface area contributed by atoms with E-state index in [0.29, 0.717) is 12.8 Å². The van der Waals surface area contributed by atoms with Gasteiger partial charge in [0.2, 0.25) is 0 Å². The van der Waals surface area contributed by atoms with E-state index in [0.717, 1.165) is 17.6 Å². The van der Waals surface area contributed by atoms with Gasteiger partial charge in [-0.3, -0.25) is 4.79 Å². The first-order chi connectivity index (χ1) is 8.15. The van der Waals surface area contributed by atoms with Gasteiger partial charge < -0.3 is 10.2 Å². The molecular weight excluding hydrogens is 228 g/mol. The van der Waals surface area contributed by atoms with Gasteiger partial charge in [0.05, 0.1) is 11.2 Å². The number of hydrogen-bond donors (Lipinski definition) is 2. The van der Waals surface area contributed by atoms with E-state index < -0.39 is 11.2 Å². The van der Waals surface area contributed by atoms with Gasteiger partial charge in [0.25, 0.3) is 0 Å². The molecule has 0 aromatic rings. The van der Waals surface area contributed by atoms with Gasteiger partial charge in [-0.2, -0.15) is 0 Å². The minimum absolute atomic E-state index is 0.0103. The summed E-state index contributed by atoms with van der Waals surface area (Å²) in [7, 11) is 0. The predicted octanol–water partition coefficient (Wildman–Crippen LogP) is 2.21. The molecule has 2 aliphatic rings. The summed E-state index contributed by atoms with van der Waals surface area (Å²) in [5, 5.41) is 21.1. The molecule has 0 spiro atoms. The number of rotatable bonds is 0. The first-order valence-electron chi connectivity index (χ1n) is 6.79. The molecule has 3 heteroatoms. The van der Waals surface area contributed by atoms with E-state index in [1.807, 2.05) is 20.8 Å². The summed E-state index contributed by atoms with van der Waals surface area (Å²) < 4.78 is 0. The third-order valence-electron chi connectivity index (χ3n) is 4.93. The molecule has 18 heavy (non-hydrogen) atoms. The zero-order chi connectivity index (χ0) is 13.7. The van der Waals surface area contributed by atoms with Crippen LogP contribution in [-0.4, -0.2) is 27.2 Å². The topological polar surface area (TPSA) is 57.5 Å². The molecule has 0 bridgehead atoms. The minimum atomic E-state index is -0.987. The number of aliphatic hydroxyl groups is 2. The molecule has 4 atom stereocenters. The molecule has 0 heterocycles. The fourth-order valence-corrected chi connectivity index (χ4v) is 3.75. The van der Waals surface area contributed by atoms with E-state index in [2.05, 4.69) is 0 Å². The van der Waals surface area contributed by atoms with Gasteiger partial charge in [-0.05, 0) is 64.4 Å². The molecule has 0 aliphatic heterocycles. The number of Topliss-reactive ketones (excluding diaryl/α,β-unsaturated/α-hetero) is 1. The van der Waals surface area contributed by atoms with Crippen molar-refractivity contribution in [1.29, 1.82) is 0 Å². The van der Waals surface area contributed by atoms with Crippen molar-refractivity contribution in [3.63, 3.8) is 0 Å². The van der Waals surface area contributed by atoms with Crippen molar-refractivity contribution in [2.24, 2.45) is 11.8 Å². The fraction of sp³-hybridized carbons (Fsp3) is 0.800. The summed E-state index contributed by atoms with van der Waals surface area (Å²) in [6, 6.07) is 0.